The number of carbonyl (C=O) groups is 1. The lowest BCUT2D eigenvalue weighted by atomic mass is 9.71. The molecule has 7 heteroatoms. The van der Waals surface area contributed by atoms with Crippen LogP contribution in [0.2, 0.25) is 5.15 Å². The molecule has 178 valence electrons. The molecule has 0 radical (unpaired) electrons. The predicted octanol–water partition coefficient (Wildman–Crippen LogP) is 6.92. The lowest BCUT2D eigenvalue weighted by Crippen LogP contribution is -2.52. The van der Waals surface area contributed by atoms with Gasteiger partial charge in [0.2, 0.25) is 0 Å². The molecular formula is C28H27ClN4O2. The molecule has 1 aliphatic carbocycles. The van der Waals surface area contributed by atoms with Gasteiger partial charge in [-0.1, -0.05) is 66.2 Å². The van der Waals surface area contributed by atoms with E-state index in [4.69, 9.17) is 26.3 Å². The molecule has 0 atom stereocenters. The van der Waals surface area contributed by atoms with Crippen molar-refractivity contribution in [1.82, 2.24) is 20.3 Å². The van der Waals surface area contributed by atoms with E-state index in [1.165, 1.54) is 0 Å². The average Bonchev–Trinajstić information content (AvgIpc) is 2.80. The van der Waals surface area contributed by atoms with Gasteiger partial charge in [0.05, 0.1) is 16.9 Å². The van der Waals surface area contributed by atoms with Gasteiger partial charge in [0, 0.05) is 11.1 Å². The molecule has 6 nitrogen and oxygen atoms in total. The molecule has 0 bridgehead atoms. The minimum atomic E-state index is -0.541. The minimum Gasteiger partial charge on any atom is -0.444 e. The number of hydrogen-bond acceptors (Lipinski definition) is 5. The standard InChI is InChI=1S/C28H27ClN4O2/c1-27(2,3)35-26(34)33-28(16-7-17-28)20-12-10-19(11-13-20)23-24(18-8-5-4-6-9-18)32-25-21(30-23)14-15-22(29)31-25/h4-6,8-15H,7,16-17H2,1-3H3,(H,33,34). The van der Waals surface area contributed by atoms with Crippen LogP contribution >= 0.6 is 11.6 Å². The maximum Gasteiger partial charge on any atom is 0.408 e. The average molecular weight is 487 g/mol. The molecule has 1 N–H and O–H groups in total. The van der Waals surface area contributed by atoms with E-state index in [9.17, 15) is 4.79 Å². The van der Waals surface area contributed by atoms with Gasteiger partial charge in [0.1, 0.15) is 16.3 Å². The third kappa shape index (κ3) is 4.84. The largest absolute Gasteiger partial charge is 0.444 e. The van der Waals surface area contributed by atoms with Crippen molar-refractivity contribution in [1.29, 1.82) is 0 Å². The number of aromatic nitrogens is 3. The van der Waals surface area contributed by atoms with Gasteiger partial charge >= 0.3 is 6.09 Å². The molecule has 35 heavy (non-hydrogen) atoms. The van der Waals surface area contributed by atoms with Crippen molar-refractivity contribution < 1.29 is 9.53 Å². The molecule has 0 spiro atoms. The van der Waals surface area contributed by atoms with E-state index in [1.54, 1.807) is 6.07 Å². The quantitative estimate of drug-likeness (QED) is 0.317. The number of amides is 1. The number of halogens is 1. The van der Waals surface area contributed by atoms with Crippen molar-refractivity contribution in [2.45, 2.75) is 51.2 Å². The zero-order valence-corrected chi connectivity index (χ0v) is 20.8. The Kier molecular flexibility index (Phi) is 5.93. The number of benzene rings is 2. The summed E-state index contributed by atoms with van der Waals surface area (Å²) in [6, 6.07) is 21.7. The van der Waals surface area contributed by atoms with Crippen LogP contribution in [0.4, 0.5) is 4.79 Å². The molecular weight excluding hydrogens is 460 g/mol. The van der Waals surface area contributed by atoms with Crippen LogP contribution in [0.1, 0.15) is 45.6 Å². The van der Waals surface area contributed by atoms with Crippen LogP contribution in [0.25, 0.3) is 33.7 Å². The molecule has 2 aromatic heterocycles. The van der Waals surface area contributed by atoms with Crippen LogP contribution in [0.3, 0.4) is 0 Å². The highest BCUT2D eigenvalue weighted by atomic mass is 35.5. The second-order valence-electron chi connectivity index (χ2n) is 9.90. The van der Waals surface area contributed by atoms with Crippen molar-refractivity contribution in [3.8, 4) is 22.5 Å². The molecule has 4 aromatic rings. The summed E-state index contributed by atoms with van der Waals surface area (Å²) in [7, 11) is 0. The fourth-order valence-electron chi connectivity index (χ4n) is 4.38. The number of nitrogens with zero attached hydrogens (tertiary/aromatic N) is 3. The van der Waals surface area contributed by atoms with Gasteiger partial charge in [-0.05, 0) is 57.7 Å². The summed E-state index contributed by atoms with van der Waals surface area (Å²) in [6.07, 6.45) is 2.42. The second-order valence-corrected chi connectivity index (χ2v) is 10.3. The van der Waals surface area contributed by atoms with Crippen LogP contribution in [0, 0.1) is 0 Å². The Hall–Kier alpha value is -3.51. The summed E-state index contributed by atoms with van der Waals surface area (Å²) < 4.78 is 5.51. The van der Waals surface area contributed by atoms with Crippen molar-refractivity contribution in [2.75, 3.05) is 0 Å². The van der Waals surface area contributed by atoms with Crippen molar-refractivity contribution >= 4 is 28.9 Å². The lowest BCUT2D eigenvalue weighted by Gasteiger charge is -2.43. The highest BCUT2D eigenvalue weighted by molar-refractivity contribution is 6.29. The van der Waals surface area contributed by atoms with E-state index in [1.807, 2.05) is 69.3 Å². The SMILES string of the molecule is CC(C)(C)OC(=O)NC1(c2ccc(-c3nc4ccc(Cl)nc4nc3-c3ccccc3)cc2)CCC1. The summed E-state index contributed by atoms with van der Waals surface area (Å²) >= 11 is 6.11. The van der Waals surface area contributed by atoms with E-state index in [-0.39, 0.29) is 6.09 Å². The van der Waals surface area contributed by atoms with Gasteiger partial charge in [-0.3, -0.25) is 0 Å². The van der Waals surface area contributed by atoms with Gasteiger partial charge < -0.3 is 10.1 Å². The Bertz CT molecular complexity index is 1380. The molecule has 0 aliphatic heterocycles. The smallest absolute Gasteiger partial charge is 0.408 e. The van der Waals surface area contributed by atoms with Gasteiger partial charge in [0.15, 0.2) is 5.65 Å². The summed E-state index contributed by atoms with van der Waals surface area (Å²) in [6.45, 7) is 5.60. The van der Waals surface area contributed by atoms with Crippen LogP contribution in [0.15, 0.2) is 66.7 Å². The van der Waals surface area contributed by atoms with E-state index >= 15 is 0 Å². The fourth-order valence-corrected chi connectivity index (χ4v) is 4.52. The first-order chi connectivity index (χ1) is 16.7. The number of rotatable bonds is 4. The Morgan fingerprint density at radius 1 is 0.886 bits per heavy atom. The zero-order valence-electron chi connectivity index (χ0n) is 20.0. The maximum atomic E-state index is 12.5. The van der Waals surface area contributed by atoms with Crippen molar-refractivity contribution in [3.63, 3.8) is 0 Å². The maximum absolute atomic E-state index is 12.5. The van der Waals surface area contributed by atoms with Crippen LogP contribution < -0.4 is 5.32 Å². The summed E-state index contributed by atoms with van der Waals surface area (Å²) in [5.41, 5.74) is 4.68. The number of alkyl carbamates (subject to hydrolysis) is 1. The third-order valence-corrected chi connectivity index (χ3v) is 6.41. The predicted molar refractivity (Wildman–Crippen MR) is 138 cm³/mol. The Balaban J connectivity index is 1.52. The molecule has 0 saturated heterocycles. The first-order valence-corrected chi connectivity index (χ1v) is 12.1. The lowest BCUT2D eigenvalue weighted by molar-refractivity contribution is 0.0377. The van der Waals surface area contributed by atoms with E-state index in [0.29, 0.717) is 16.3 Å². The van der Waals surface area contributed by atoms with Gasteiger partial charge in [-0.15, -0.1) is 0 Å². The number of carbonyl (C=O) groups excluding carboxylic acids is 1. The highest BCUT2D eigenvalue weighted by Crippen LogP contribution is 2.42. The zero-order chi connectivity index (χ0) is 24.6. The molecule has 1 aliphatic rings. The molecule has 5 rings (SSSR count). The number of pyridine rings is 1. The molecule has 2 heterocycles. The second kappa shape index (κ2) is 8.93. The number of nitrogens with one attached hydrogen (secondary N) is 1. The van der Waals surface area contributed by atoms with Crippen molar-refractivity contribution in [3.05, 3.63) is 77.4 Å². The number of ether oxygens (including phenoxy) is 1. The Morgan fingerprint density at radius 3 is 2.17 bits per heavy atom. The van der Waals surface area contributed by atoms with Crippen molar-refractivity contribution in [2.24, 2.45) is 0 Å². The fraction of sp³-hybridized carbons (Fsp3) is 0.286. The van der Waals surface area contributed by atoms with Crippen LogP contribution in [0.5, 0.6) is 0 Å². The van der Waals surface area contributed by atoms with E-state index in [2.05, 4.69) is 22.4 Å². The normalized spacial score (nSPS) is 14.9. The first kappa shape index (κ1) is 23.2. The van der Waals surface area contributed by atoms with Gasteiger partial charge in [-0.25, -0.2) is 19.7 Å². The molecule has 2 aromatic carbocycles. The van der Waals surface area contributed by atoms with E-state index < -0.39 is 11.1 Å². The topological polar surface area (TPSA) is 77.0 Å². The molecule has 1 amide bonds. The summed E-state index contributed by atoms with van der Waals surface area (Å²) in [4.78, 5) is 26.6. The summed E-state index contributed by atoms with van der Waals surface area (Å²) in [5, 5.41) is 3.50. The van der Waals surface area contributed by atoms with Gasteiger partial charge in [0.25, 0.3) is 0 Å². The summed E-state index contributed by atoms with van der Waals surface area (Å²) in [5.74, 6) is 0. The van der Waals surface area contributed by atoms with E-state index in [0.717, 1.165) is 47.3 Å². The molecule has 1 saturated carbocycles. The third-order valence-electron chi connectivity index (χ3n) is 6.20. The van der Waals surface area contributed by atoms with Crippen LogP contribution in [-0.2, 0) is 10.3 Å². The minimum absolute atomic E-state index is 0.381. The van der Waals surface area contributed by atoms with Crippen LogP contribution in [-0.4, -0.2) is 26.6 Å². The highest BCUT2D eigenvalue weighted by Gasteiger charge is 2.41. The Labute approximate surface area is 209 Å². The monoisotopic (exact) mass is 486 g/mol. The molecule has 0 unspecified atom stereocenters. The Morgan fingerprint density at radius 2 is 1.54 bits per heavy atom. The van der Waals surface area contributed by atoms with Gasteiger partial charge in [-0.2, -0.15) is 0 Å². The first-order valence-electron chi connectivity index (χ1n) is 11.7. The number of hydrogen-bond donors (Lipinski definition) is 1. The number of fused-ring (bicyclic) bond motifs is 1. The molecule has 1 fully saturated rings.